The van der Waals surface area contributed by atoms with Crippen LogP contribution in [-0.2, 0) is 0 Å². The molecule has 0 amide bonds. The standard InChI is InChI=1S/C20H16N2OS/c1-2-6-14(7-3-1)17-12-18-16-8-4-5-9-19(16)23-20(22(18)21-17)15-10-11-24-13-15/h1-11,13,18,20H,12H2/t18-,20-/m1/s1. The van der Waals surface area contributed by atoms with Crippen molar-refractivity contribution in [3.8, 4) is 5.75 Å². The highest BCUT2D eigenvalue weighted by Crippen LogP contribution is 2.47. The van der Waals surface area contributed by atoms with Gasteiger partial charge in [-0.15, -0.1) is 0 Å². The van der Waals surface area contributed by atoms with Crippen LogP contribution < -0.4 is 4.74 Å². The monoisotopic (exact) mass is 332 g/mol. The van der Waals surface area contributed by atoms with Crippen LogP contribution in [0, 0.1) is 0 Å². The molecule has 5 rings (SSSR count). The van der Waals surface area contributed by atoms with E-state index < -0.39 is 0 Å². The van der Waals surface area contributed by atoms with E-state index in [1.807, 2.05) is 12.1 Å². The second kappa shape index (κ2) is 5.49. The van der Waals surface area contributed by atoms with E-state index in [9.17, 15) is 0 Å². The molecule has 3 aromatic rings. The van der Waals surface area contributed by atoms with Gasteiger partial charge in [-0.3, -0.25) is 0 Å². The molecular formula is C20H16N2OS. The third-order valence-electron chi connectivity index (χ3n) is 4.63. The minimum atomic E-state index is -0.155. The lowest BCUT2D eigenvalue weighted by Gasteiger charge is -2.37. The van der Waals surface area contributed by atoms with Crippen molar-refractivity contribution in [3.05, 3.63) is 88.1 Å². The Morgan fingerprint density at radius 3 is 2.67 bits per heavy atom. The number of hydrogen-bond donors (Lipinski definition) is 0. The lowest BCUT2D eigenvalue weighted by molar-refractivity contribution is -0.0187. The van der Waals surface area contributed by atoms with E-state index >= 15 is 0 Å². The molecule has 0 fully saturated rings. The highest BCUT2D eigenvalue weighted by atomic mass is 32.1. The summed E-state index contributed by atoms with van der Waals surface area (Å²) in [5, 5.41) is 11.3. The van der Waals surface area contributed by atoms with Crippen LogP contribution in [-0.4, -0.2) is 10.7 Å². The summed E-state index contributed by atoms with van der Waals surface area (Å²) in [5.41, 5.74) is 4.70. The van der Waals surface area contributed by atoms with E-state index in [2.05, 4.69) is 64.3 Å². The molecule has 24 heavy (non-hydrogen) atoms. The fraction of sp³-hybridized carbons (Fsp3) is 0.150. The average Bonchev–Trinajstić information content (AvgIpc) is 3.32. The van der Waals surface area contributed by atoms with Gasteiger partial charge < -0.3 is 4.74 Å². The zero-order chi connectivity index (χ0) is 15.9. The van der Waals surface area contributed by atoms with Crippen molar-refractivity contribution in [1.29, 1.82) is 0 Å². The molecule has 1 aromatic heterocycles. The summed E-state index contributed by atoms with van der Waals surface area (Å²) >= 11 is 1.69. The van der Waals surface area contributed by atoms with E-state index in [0.29, 0.717) is 0 Å². The molecule has 3 nitrogen and oxygen atoms in total. The van der Waals surface area contributed by atoms with Crippen LogP contribution in [0.3, 0.4) is 0 Å². The average molecular weight is 332 g/mol. The lowest BCUT2D eigenvalue weighted by atomic mass is 9.96. The first-order valence-electron chi connectivity index (χ1n) is 8.09. The molecular weight excluding hydrogens is 316 g/mol. The minimum Gasteiger partial charge on any atom is -0.464 e. The van der Waals surface area contributed by atoms with Gasteiger partial charge in [-0.05, 0) is 28.5 Å². The number of benzene rings is 2. The van der Waals surface area contributed by atoms with E-state index in [-0.39, 0.29) is 12.3 Å². The van der Waals surface area contributed by atoms with Gasteiger partial charge >= 0.3 is 0 Å². The summed E-state index contributed by atoms with van der Waals surface area (Å²) in [4.78, 5) is 0. The third kappa shape index (κ3) is 2.14. The van der Waals surface area contributed by atoms with Crippen molar-refractivity contribution >= 4 is 17.0 Å². The molecule has 0 bridgehead atoms. The second-order valence-corrected chi connectivity index (χ2v) is 6.86. The summed E-state index contributed by atoms with van der Waals surface area (Å²) in [6.45, 7) is 0. The van der Waals surface area contributed by atoms with Gasteiger partial charge in [0.15, 0.2) is 0 Å². The molecule has 0 N–H and O–H groups in total. The zero-order valence-corrected chi connectivity index (χ0v) is 13.8. The molecule has 0 spiro atoms. The maximum absolute atomic E-state index is 6.30. The maximum Gasteiger partial charge on any atom is 0.214 e. The van der Waals surface area contributed by atoms with Crippen molar-refractivity contribution in [3.63, 3.8) is 0 Å². The number of hydrogen-bond acceptors (Lipinski definition) is 4. The van der Waals surface area contributed by atoms with Crippen LogP contribution in [0.15, 0.2) is 76.5 Å². The fourth-order valence-electron chi connectivity index (χ4n) is 3.47. The normalized spacial score (nSPS) is 21.7. The number of nitrogens with zero attached hydrogens (tertiary/aromatic N) is 2. The predicted molar refractivity (Wildman–Crippen MR) is 96.3 cm³/mol. The van der Waals surface area contributed by atoms with Crippen molar-refractivity contribution < 1.29 is 4.74 Å². The first-order valence-corrected chi connectivity index (χ1v) is 9.03. The number of para-hydroxylation sites is 1. The summed E-state index contributed by atoms with van der Waals surface area (Å²) < 4.78 is 6.30. The van der Waals surface area contributed by atoms with Crippen LogP contribution in [0.1, 0.15) is 35.4 Å². The summed E-state index contributed by atoms with van der Waals surface area (Å²) in [5.74, 6) is 0.972. The topological polar surface area (TPSA) is 24.8 Å². The number of ether oxygens (including phenoxy) is 1. The summed E-state index contributed by atoms with van der Waals surface area (Å²) in [6, 6.07) is 21.1. The molecule has 0 unspecified atom stereocenters. The zero-order valence-electron chi connectivity index (χ0n) is 13.0. The molecule has 3 heterocycles. The third-order valence-corrected chi connectivity index (χ3v) is 5.34. The molecule has 2 atom stereocenters. The Bertz CT molecular complexity index is 889. The molecule has 0 saturated carbocycles. The number of fused-ring (bicyclic) bond motifs is 3. The van der Waals surface area contributed by atoms with E-state index in [4.69, 9.17) is 9.84 Å². The van der Waals surface area contributed by atoms with Gasteiger partial charge in [0, 0.05) is 17.5 Å². The molecule has 2 aliphatic rings. The molecule has 0 aliphatic carbocycles. The molecule has 2 aromatic carbocycles. The predicted octanol–water partition coefficient (Wildman–Crippen LogP) is 4.99. The quantitative estimate of drug-likeness (QED) is 0.660. The molecule has 0 radical (unpaired) electrons. The Labute approximate surface area is 144 Å². The van der Waals surface area contributed by atoms with Crippen molar-refractivity contribution in [1.82, 2.24) is 5.01 Å². The van der Waals surface area contributed by atoms with Gasteiger partial charge in [0.05, 0.1) is 11.8 Å². The fourth-order valence-corrected chi connectivity index (χ4v) is 4.14. The Morgan fingerprint density at radius 1 is 1.00 bits per heavy atom. The highest BCUT2D eigenvalue weighted by molar-refractivity contribution is 7.07. The highest BCUT2D eigenvalue weighted by Gasteiger charge is 2.40. The van der Waals surface area contributed by atoms with Gasteiger partial charge in [-0.25, -0.2) is 5.01 Å². The van der Waals surface area contributed by atoms with Crippen LogP contribution in [0.5, 0.6) is 5.75 Å². The maximum atomic E-state index is 6.30. The molecule has 0 saturated heterocycles. The SMILES string of the molecule is c1ccc(C2=NN3[C@H](C2)c2ccccc2O[C@@H]3c2ccsc2)cc1. The van der Waals surface area contributed by atoms with Gasteiger partial charge in [0.1, 0.15) is 5.75 Å². The Hall–Kier alpha value is -2.59. The second-order valence-electron chi connectivity index (χ2n) is 6.08. The van der Waals surface area contributed by atoms with Gasteiger partial charge in [0.2, 0.25) is 6.23 Å². The van der Waals surface area contributed by atoms with Crippen LogP contribution in [0.2, 0.25) is 0 Å². The summed E-state index contributed by atoms with van der Waals surface area (Å²) in [7, 11) is 0. The van der Waals surface area contributed by atoms with Crippen LogP contribution in [0.25, 0.3) is 0 Å². The Balaban J connectivity index is 1.61. The van der Waals surface area contributed by atoms with E-state index in [1.165, 1.54) is 11.1 Å². The molecule has 2 aliphatic heterocycles. The number of rotatable bonds is 2. The van der Waals surface area contributed by atoms with E-state index in [0.717, 1.165) is 23.4 Å². The van der Waals surface area contributed by atoms with Crippen LogP contribution in [0.4, 0.5) is 0 Å². The smallest absolute Gasteiger partial charge is 0.214 e. The van der Waals surface area contributed by atoms with Crippen molar-refractivity contribution in [2.24, 2.45) is 5.10 Å². The number of hydrazone groups is 1. The van der Waals surface area contributed by atoms with Crippen molar-refractivity contribution in [2.75, 3.05) is 0 Å². The Morgan fingerprint density at radius 2 is 1.83 bits per heavy atom. The van der Waals surface area contributed by atoms with Gasteiger partial charge in [-0.1, -0.05) is 48.5 Å². The van der Waals surface area contributed by atoms with Gasteiger partial charge in [-0.2, -0.15) is 16.4 Å². The summed E-state index contributed by atoms with van der Waals surface area (Å²) in [6.07, 6.45) is 0.753. The lowest BCUT2D eigenvalue weighted by Crippen LogP contribution is -2.33. The minimum absolute atomic E-state index is 0.155. The van der Waals surface area contributed by atoms with Crippen LogP contribution >= 0.6 is 11.3 Å². The Kier molecular flexibility index (Phi) is 3.16. The van der Waals surface area contributed by atoms with Crippen molar-refractivity contribution in [2.45, 2.75) is 18.7 Å². The largest absolute Gasteiger partial charge is 0.464 e. The first-order chi connectivity index (χ1) is 11.9. The first kappa shape index (κ1) is 13.8. The van der Waals surface area contributed by atoms with Gasteiger partial charge in [0.25, 0.3) is 0 Å². The van der Waals surface area contributed by atoms with E-state index in [1.54, 1.807) is 11.3 Å². The molecule has 118 valence electrons. The molecule has 4 heteroatoms. The number of thiophene rings is 1.